The summed E-state index contributed by atoms with van der Waals surface area (Å²) < 4.78 is 0. The topological polar surface area (TPSA) is 15.3 Å². The monoisotopic (exact) mass is 218 g/mol. The van der Waals surface area contributed by atoms with Gasteiger partial charge in [-0.3, -0.25) is 0 Å². The lowest BCUT2D eigenvalue weighted by Gasteiger charge is -2.32. The molecule has 2 heteroatoms. The summed E-state index contributed by atoms with van der Waals surface area (Å²) in [5, 5.41) is 3.63. The van der Waals surface area contributed by atoms with Gasteiger partial charge in [-0.1, -0.05) is 18.2 Å². The van der Waals surface area contributed by atoms with E-state index in [0.717, 1.165) is 19.6 Å². The molecule has 1 heterocycles. The van der Waals surface area contributed by atoms with Crippen LogP contribution in [0.3, 0.4) is 0 Å². The molecule has 0 fully saturated rings. The Kier molecular flexibility index (Phi) is 2.94. The molecule has 1 aliphatic heterocycles. The van der Waals surface area contributed by atoms with Crippen molar-refractivity contribution in [3.8, 4) is 0 Å². The zero-order chi connectivity index (χ0) is 11.8. The summed E-state index contributed by atoms with van der Waals surface area (Å²) in [5.41, 5.74) is 4.43. The first-order valence-electron chi connectivity index (χ1n) is 6.12. The zero-order valence-electron chi connectivity index (χ0n) is 10.8. The van der Waals surface area contributed by atoms with Crippen LogP contribution >= 0.6 is 0 Å². The first-order chi connectivity index (χ1) is 7.53. The quantitative estimate of drug-likeness (QED) is 0.779. The van der Waals surface area contributed by atoms with Gasteiger partial charge in [0.1, 0.15) is 0 Å². The third-order valence-electron chi connectivity index (χ3n) is 3.36. The van der Waals surface area contributed by atoms with E-state index >= 15 is 0 Å². The van der Waals surface area contributed by atoms with Crippen molar-refractivity contribution in [2.24, 2.45) is 0 Å². The van der Waals surface area contributed by atoms with E-state index in [2.05, 4.69) is 56.1 Å². The fourth-order valence-corrected chi connectivity index (χ4v) is 2.53. The maximum atomic E-state index is 3.63. The van der Waals surface area contributed by atoms with Gasteiger partial charge in [0.05, 0.1) is 0 Å². The minimum atomic E-state index is 0.182. The van der Waals surface area contributed by atoms with Crippen molar-refractivity contribution in [2.75, 3.05) is 18.0 Å². The Balaban J connectivity index is 2.46. The van der Waals surface area contributed by atoms with Crippen LogP contribution in [0.4, 0.5) is 5.69 Å². The van der Waals surface area contributed by atoms with E-state index in [-0.39, 0.29) is 5.54 Å². The summed E-state index contributed by atoms with van der Waals surface area (Å²) in [7, 11) is 0. The molecule has 0 radical (unpaired) electrons. The Morgan fingerprint density at radius 1 is 1.38 bits per heavy atom. The van der Waals surface area contributed by atoms with Gasteiger partial charge in [0.15, 0.2) is 0 Å². The maximum Gasteiger partial charge on any atom is 0.0442 e. The van der Waals surface area contributed by atoms with Crippen LogP contribution in [0.25, 0.3) is 0 Å². The van der Waals surface area contributed by atoms with Gasteiger partial charge in [0.25, 0.3) is 0 Å². The normalized spacial score (nSPS) is 19.1. The molecule has 0 saturated heterocycles. The third-order valence-corrected chi connectivity index (χ3v) is 3.36. The highest BCUT2D eigenvalue weighted by Gasteiger charge is 2.26. The minimum Gasteiger partial charge on any atom is -0.370 e. The predicted molar refractivity (Wildman–Crippen MR) is 70.0 cm³/mol. The van der Waals surface area contributed by atoms with Crippen LogP contribution in [0, 0.1) is 6.92 Å². The molecule has 1 aromatic rings. The van der Waals surface area contributed by atoms with Crippen molar-refractivity contribution >= 4 is 5.69 Å². The number of hydrogen-bond donors (Lipinski definition) is 1. The van der Waals surface area contributed by atoms with Crippen molar-refractivity contribution < 1.29 is 0 Å². The van der Waals surface area contributed by atoms with Crippen molar-refractivity contribution in [1.82, 2.24) is 5.32 Å². The Morgan fingerprint density at radius 2 is 2.12 bits per heavy atom. The number of benzene rings is 1. The van der Waals surface area contributed by atoms with E-state index in [9.17, 15) is 0 Å². The van der Waals surface area contributed by atoms with Crippen LogP contribution in [0.15, 0.2) is 18.2 Å². The van der Waals surface area contributed by atoms with E-state index in [1.165, 1.54) is 16.8 Å². The third kappa shape index (κ3) is 2.07. The average Bonchev–Trinajstić information content (AvgIpc) is 2.36. The number of anilines is 1. The highest BCUT2D eigenvalue weighted by Crippen LogP contribution is 2.29. The predicted octanol–water partition coefficient (Wildman–Crippen LogP) is 2.70. The molecule has 0 bridgehead atoms. The Hall–Kier alpha value is -1.02. The van der Waals surface area contributed by atoms with Crippen LogP contribution in [0.5, 0.6) is 0 Å². The van der Waals surface area contributed by atoms with Crippen LogP contribution in [0.2, 0.25) is 0 Å². The van der Waals surface area contributed by atoms with Crippen LogP contribution in [-0.4, -0.2) is 18.6 Å². The number of likely N-dealkylation sites (N-methyl/N-ethyl adjacent to an activating group) is 1. The summed E-state index contributed by atoms with van der Waals surface area (Å²) in [5.74, 6) is 0. The van der Waals surface area contributed by atoms with Crippen molar-refractivity contribution in [1.29, 1.82) is 0 Å². The van der Waals surface area contributed by atoms with Gasteiger partial charge >= 0.3 is 0 Å². The van der Waals surface area contributed by atoms with Crippen molar-refractivity contribution in [2.45, 2.75) is 39.8 Å². The lowest BCUT2D eigenvalue weighted by Crippen LogP contribution is -2.46. The molecule has 0 spiro atoms. The summed E-state index contributed by atoms with van der Waals surface area (Å²) in [4.78, 5) is 2.49. The van der Waals surface area contributed by atoms with Crippen molar-refractivity contribution in [3.05, 3.63) is 29.3 Å². The number of aryl methyl sites for hydroxylation is 1. The average molecular weight is 218 g/mol. The van der Waals surface area contributed by atoms with Gasteiger partial charge in [-0.15, -0.1) is 0 Å². The molecule has 0 unspecified atom stereocenters. The van der Waals surface area contributed by atoms with Gasteiger partial charge in [0, 0.05) is 30.9 Å². The van der Waals surface area contributed by atoms with Crippen LogP contribution in [-0.2, 0) is 6.54 Å². The first-order valence-corrected chi connectivity index (χ1v) is 6.12. The Morgan fingerprint density at radius 3 is 2.81 bits per heavy atom. The molecule has 2 nitrogen and oxygen atoms in total. The number of nitrogens with zero attached hydrogens (tertiary/aromatic N) is 1. The fourth-order valence-electron chi connectivity index (χ4n) is 2.53. The molecule has 0 aliphatic carbocycles. The second-order valence-corrected chi connectivity index (χ2v) is 5.33. The number of hydrogen-bond acceptors (Lipinski definition) is 2. The zero-order valence-corrected chi connectivity index (χ0v) is 10.8. The van der Waals surface area contributed by atoms with E-state index in [1.54, 1.807) is 0 Å². The van der Waals surface area contributed by atoms with Gasteiger partial charge in [-0.25, -0.2) is 0 Å². The molecular weight excluding hydrogens is 196 g/mol. The molecule has 1 aliphatic rings. The van der Waals surface area contributed by atoms with Crippen LogP contribution in [0.1, 0.15) is 31.9 Å². The standard InChI is InChI=1S/C14H22N2/c1-5-16-10-14(3,4)15-9-12-8-6-7-11(2)13(12)16/h6-8,15H,5,9-10H2,1-4H3. The highest BCUT2D eigenvalue weighted by atomic mass is 15.2. The molecule has 88 valence electrons. The summed E-state index contributed by atoms with van der Waals surface area (Å²) >= 11 is 0. The molecular formula is C14H22N2. The lowest BCUT2D eigenvalue weighted by atomic mass is 10.1. The largest absolute Gasteiger partial charge is 0.370 e. The van der Waals surface area contributed by atoms with E-state index in [4.69, 9.17) is 0 Å². The van der Waals surface area contributed by atoms with Gasteiger partial charge < -0.3 is 10.2 Å². The van der Waals surface area contributed by atoms with Crippen LogP contribution < -0.4 is 10.2 Å². The fraction of sp³-hybridized carbons (Fsp3) is 0.571. The second-order valence-electron chi connectivity index (χ2n) is 5.33. The smallest absolute Gasteiger partial charge is 0.0442 e. The van der Waals surface area contributed by atoms with E-state index < -0.39 is 0 Å². The molecule has 1 aromatic carbocycles. The minimum absolute atomic E-state index is 0.182. The number of fused-ring (bicyclic) bond motifs is 1. The number of para-hydroxylation sites is 1. The lowest BCUT2D eigenvalue weighted by molar-refractivity contribution is 0.397. The highest BCUT2D eigenvalue weighted by molar-refractivity contribution is 5.60. The second kappa shape index (κ2) is 4.10. The Bertz CT molecular complexity index is 382. The molecule has 16 heavy (non-hydrogen) atoms. The van der Waals surface area contributed by atoms with Gasteiger partial charge in [-0.05, 0) is 38.8 Å². The summed E-state index contributed by atoms with van der Waals surface area (Å²) in [6.07, 6.45) is 0. The SMILES string of the molecule is CCN1CC(C)(C)NCc2cccc(C)c21. The number of nitrogens with one attached hydrogen (secondary N) is 1. The number of rotatable bonds is 1. The van der Waals surface area contributed by atoms with E-state index in [1.807, 2.05) is 0 Å². The molecule has 0 aromatic heterocycles. The molecule has 0 amide bonds. The van der Waals surface area contributed by atoms with E-state index in [0.29, 0.717) is 0 Å². The first kappa shape index (κ1) is 11.5. The summed E-state index contributed by atoms with van der Waals surface area (Å²) in [6, 6.07) is 6.60. The summed E-state index contributed by atoms with van der Waals surface area (Å²) in [6.45, 7) is 12.1. The molecule has 2 rings (SSSR count). The molecule has 1 N–H and O–H groups in total. The van der Waals surface area contributed by atoms with Crippen molar-refractivity contribution in [3.63, 3.8) is 0 Å². The Labute approximate surface area is 98.7 Å². The van der Waals surface area contributed by atoms with Gasteiger partial charge in [-0.2, -0.15) is 0 Å². The van der Waals surface area contributed by atoms with Gasteiger partial charge in [0.2, 0.25) is 0 Å². The maximum absolute atomic E-state index is 3.63. The molecule has 0 atom stereocenters. The molecule has 0 saturated carbocycles.